The Morgan fingerprint density at radius 2 is 1.81 bits per heavy atom. The van der Waals surface area contributed by atoms with Crippen LogP contribution in [0.4, 0.5) is 0 Å². The van der Waals surface area contributed by atoms with Crippen LogP contribution in [0.25, 0.3) is 0 Å². The lowest BCUT2D eigenvalue weighted by Gasteiger charge is -2.32. The summed E-state index contributed by atoms with van der Waals surface area (Å²) in [5.74, 6) is 0.307. The maximum Gasteiger partial charge on any atom is 0.222 e. The van der Waals surface area contributed by atoms with Crippen molar-refractivity contribution in [2.24, 2.45) is 0 Å². The van der Waals surface area contributed by atoms with Gasteiger partial charge in [-0.25, -0.2) is 8.42 Å². The van der Waals surface area contributed by atoms with E-state index in [1.165, 1.54) is 0 Å². The second kappa shape index (κ2) is 9.87. The van der Waals surface area contributed by atoms with Gasteiger partial charge in [0.05, 0.1) is 10.6 Å². The molecule has 1 aromatic rings. The predicted molar refractivity (Wildman–Crippen MR) is 109 cm³/mol. The predicted octanol–water partition coefficient (Wildman–Crippen LogP) is 1.34. The van der Waals surface area contributed by atoms with Gasteiger partial charge in [-0.1, -0.05) is 19.1 Å². The number of hydrogen-bond acceptors (Lipinski definition) is 5. The second-order valence-corrected chi connectivity index (χ2v) is 9.39. The molecule has 1 amide bonds. The quantitative estimate of drug-likeness (QED) is 0.759. The minimum absolute atomic E-state index is 0. The summed E-state index contributed by atoms with van der Waals surface area (Å²) >= 11 is 0. The van der Waals surface area contributed by atoms with Crippen LogP contribution in [0.2, 0.25) is 0 Å². The number of carbonyl (C=O) groups is 1. The van der Waals surface area contributed by atoms with Gasteiger partial charge in [0.1, 0.15) is 0 Å². The van der Waals surface area contributed by atoms with E-state index in [1.807, 2.05) is 17.0 Å². The number of sulfone groups is 1. The van der Waals surface area contributed by atoms with Crippen LogP contribution in [0, 0.1) is 0 Å². The largest absolute Gasteiger partial charge is 0.341 e. The molecule has 152 valence electrons. The van der Waals surface area contributed by atoms with Crippen LogP contribution in [0.1, 0.15) is 25.3 Å². The number of carbonyl (C=O) groups excluding carboxylic acids is 1. The number of rotatable bonds is 6. The Balaban J connectivity index is 0.00000261. The Bertz CT molecular complexity index is 718. The summed E-state index contributed by atoms with van der Waals surface area (Å²) in [6, 6.07) is 7.44. The fraction of sp³-hybridized carbons (Fsp3) is 0.632. The molecule has 2 fully saturated rings. The molecule has 3 rings (SSSR count). The molecule has 0 spiro atoms. The summed E-state index contributed by atoms with van der Waals surface area (Å²) in [6.07, 6.45) is 2.20. The summed E-state index contributed by atoms with van der Waals surface area (Å²) in [6.45, 7) is 7.54. The third-order valence-corrected chi connectivity index (χ3v) is 7.22. The van der Waals surface area contributed by atoms with Gasteiger partial charge < -0.3 is 10.2 Å². The van der Waals surface area contributed by atoms with Gasteiger partial charge in [0.25, 0.3) is 0 Å². The topological polar surface area (TPSA) is 69.7 Å². The lowest BCUT2D eigenvalue weighted by Crippen LogP contribution is -2.49. The third kappa shape index (κ3) is 5.67. The molecule has 6 nitrogen and oxygen atoms in total. The molecule has 0 aromatic heterocycles. The number of halogens is 1. The van der Waals surface area contributed by atoms with Gasteiger partial charge >= 0.3 is 0 Å². The van der Waals surface area contributed by atoms with Crippen molar-refractivity contribution >= 4 is 28.2 Å². The van der Waals surface area contributed by atoms with E-state index in [1.54, 1.807) is 19.1 Å². The van der Waals surface area contributed by atoms with Crippen molar-refractivity contribution < 1.29 is 13.2 Å². The number of hydrogen-bond donors (Lipinski definition) is 1. The SMILES string of the molecule is CCS(=O)(=O)c1ccc(CCC(=O)N2CCC(N3CCNCC3)C2)cc1.Cl. The highest BCUT2D eigenvalue weighted by molar-refractivity contribution is 7.91. The summed E-state index contributed by atoms with van der Waals surface area (Å²) in [4.78, 5) is 17.4. The number of nitrogens with one attached hydrogen (secondary N) is 1. The van der Waals surface area contributed by atoms with E-state index in [0.29, 0.717) is 23.8 Å². The van der Waals surface area contributed by atoms with E-state index < -0.39 is 9.84 Å². The number of amides is 1. The highest BCUT2D eigenvalue weighted by Gasteiger charge is 2.30. The summed E-state index contributed by atoms with van der Waals surface area (Å²) < 4.78 is 23.7. The molecular formula is C19H30ClN3O3S. The van der Waals surface area contributed by atoms with Crippen LogP contribution in [0.15, 0.2) is 29.2 Å². The van der Waals surface area contributed by atoms with Crippen LogP contribution in [-0.2, 0) is 21.1 Å². The van der Waals surface area contributed by atoms with E-state index in [0.717, 1.165) is 51.3 Å². The van der Waals surface area contributed by atoms with E-state index in [4.69, 9.17) is 0 Å². The van der Waals surface area contributed by atoms with Crippen molar-refractivity contribution in [3.8, 4) is 0 Å². The van der Waals surface area contributed by atoms with Crippen LogP contribution >= 0.6 is 12.4 Å². The smallest absolute Gasteiger partial charge is 0.222 e. The first-order valence-corrected chi connectivity index (χ1v) is 11.2. The number of likely N-dealkylation sites (tertiary alicyclic amines) is 1. The Morgan fingerprint density at radius 1 is 1.15 bits per heavy atom. The van der Waals surface area contributed by atoms with Crippen molar-refractivity contribution in [3.63, 3.8) is 0 Å². The molecule has 1 N–H and O–H groups in total. The van der Waals surface area contributed by atoms with Gasteiger partial charge in [-0.15, -0.1) is 12.4 Å². The van der Waals surface area contributed by atoms with E-state index in [9.17, 15) is 13.2 Å². The zero-order valence-corrected chi connectivity index (χ0v) is 17.5. The highest BCUT2D eigenvalue weighted by atomic mass is 35.5. The zero-order chi connectivity index (χ0) is 18.6. The lowest BCUT2D eigenvalue weighted by molar-refractivity contribution is -0.130. The zero-order valence-electron chi connectivity index (χ0n) is 15.9. The fourth-order valence-corrected chi connectivity index (χ4v) is 4.64. The van der Waals surface area contributed by atoms with Crippen LogP contribution in [-0.4, -0.2) is 75.2 Å². The van der Waals surface area contributed by atoms with Crippen molar-refractivity contribution in [2.45, 2.75) is 37.1 Å². The Morgan fingerprint density at radius 3 is 2.44 bits per heavy atom. The minimum Gasteiger partial charge on any atom is -0.341 e. The van der Waals surface area contributed by atoms with Crippen molar-refractivity contribution in [2.75, 3.05) is 45.0 Å². The highest BCUT2D eigenvalue weighted by Crippen LogP contribution is 2.18. The van der Waals surface area contributed by atoms with E-state index in [-0.39, 0.29) is 24.1 Å². The maximum atomic E-state index is 12.5. The monoisotopic (exact) mass is 415 g/mol. The average Bonchev–Trinajstić information content (AvgIpc) is 3.17. The van der Waals surface area contributed by atoms with Gasteiger partial charge in [-0.05, 0) is 30.5 Å². The van der Waals surface area contributed by atoms with Gasteiger partial charge in [0, 0.05) is 51.7 Å². The van der Waals surface area contributed by atoms with Crippen LogP contribution in [0.3, 0.4) is 0 Å². The Labute approximate surface area is 168 Å². The van der Waals surface area contributed by atoms with Crippen molar-refractivity contribution in [3.05, 3.63) is 29.8 Å². The molecule has 0 aliphatic carbocycles. The number of benzene rings is 1. The Hall–Kier alpha value is -1.15. The lowest BCUT2D eigenvalue weighted by atomic mass is 10.1. The molecule has 2 heterocycles. The molecule has 2 aliphatic rings. The molecule has 0 saturated carbocycles. The molecule has 8 heteroatoms. The standard InChI is InChI=1S/C19H29N3O3S.ClH/c1-2-26(24,25)18-6-3-16(4-7-18)5-8-19(23)22-12-9-17(15-22)21-13-10-20-11-14-21;/h3-4,6-7,17,20H,2,5,8-15H2,1H3;1H. The maximum absolute atomic E-state index is 12.5. The van der Waals surface area contributed by atoms with Gasteiger partial charge in [0.2, 0.25) is 5.91 Å². The summed E-state index contributed by atoms with van der Waals surface area (Å²) in [5, 5.41) is 3.37. The number of piperazine rings is 1. The summed E-state index contributed by atoms with van der Waals surface area (Å²) in [7, 11) is -3.16. The van der Waals surface area contributed by atoms with Gasteiger partial charge in [0.15, 0.2) is 9.84 Å². The molecule has 1 aromatic carbocycles. The molecule has 2 aliphatic heterocycles. The minimum atomic E-state index is -3.16. The first-order chi connectivity index (χ1) is 12.5. The van der Waals surface area contributed by atoms with Gasteiger partial charge in [-0.2, -0.15) is 0 Å². The fourth-order valence-electron chi connectivity index (χ4n) is 3.75. The molecular weight excluding hydrogens is 386 g/mol. The third-order valence-electron chi connectivity index (χ3n) is 5.47. The second-order valence-electron chi connectivity index (χ2n) is 7.12. The van der Waals surface area contributed by atoms with E-state index >= 15 is 0 Å². The van der Waals surface area contributed by atoms with Gasteiger partial charge in [-0.3, -0.25) is 9.69 Å². The number of aryl methyl sites for hydroxylation is 1. The van der Waals surface area contributed by atoms with Crippen molar-refractivity contribution in [1.82, 2.24) is 15.1 Å². The Kier molecular flexibility index (Phi) is 8.09. The molecule has 0 bridgehead atoms. The molecule has 27 heavy (non-hydrogen) atoms. The molecule has 1 unspecified atom stereocenters. The first kappa shape index (κ1) is 22.1. The normalized spacial score (nSPS) is 21.1. The number of nitrogens with zero attached hydrogens (tertiary/aromatic N) is 2. The van der Waals surface area contributed by atoms with E-state index in [2.05, 4.69) is 10.2 Å². The van der Waals surface area contributed by atoms with Crippen molar-refractivity contribution in [1.29, 1.82) is 0 Å². The average molecular weight is 416 g/mol. The van der Waals surface area contributed by atoms with Crippen LogP contribution < -0.4 is 5.32 Å². The molecule has 2 saturated heterocycles. The summed E-state index contributed by atoms with van der Waals surface area (Å²) in [5.41, 5.74) is 1.01. The first-order valence-electron chi connectivity index (χ1n) is 9.54. The molecule has 0 radical (unpaired) electrons. The van der Waals surface area contributed by atoms with Crippen LogP contribution in [0.5, 0.6) is 0 Å². The molecule has 1 atom stereocenters.